The second-order valence-electron chi connectivity index (χ2n) is 5.63. The van der Waals surface area contributed by atoms with Crippen LogP contribution in [0.4, 0.5) is 0 Å². The van der Waals surface area contributed by atoms with E-state index in [4.69, 9.17) is 11.6 Å². The molecule has 0 saturated carbocycles. The number of aromatic nitrogens is 3. The summed E-state index contributed by atoms with van der Waals surface area (Å²) >= 11 is 6.14. The van der Waals surface area contributed by atoms with Gasteiger partial charge >= 0.3 is 0 Å². The molecule has 1 N–H and O–H groups in total. The average Bonchev–Trinajstić information content (AvgIpc) is 3.16. The van der Waals surface area contributed by atoms with E-state index in [1.54, 1.807) is 12.5 Å². The van der Waals surface area contributed by atoms with Crippen LogP contribution in [-0.4, -0.2) is 26.9 Å². The number of hydrogen-bond donors (Lipinski definition) is 1. The predicted octanol–water partition coefficient (Wildman–Crippen LogP) is 3.67. The third kappa shape index (κ3) is 4.90. The van der Waals surface area contributed by atoms with Crippen LogP contribution in [0.5, 0.6) is 0 Å². The van der Waals surface area contributed by atoms with Crippen molar-refractivity contribution in [1.29, 1.82) is 0 Å². The van der Waals surface area contributed by atoms with Crippen molar-refractivity contribution in [3.05, 3.63) is 77.5 Å². The number of hydrogen-bond acceptors (Lipinski definition) is 3. The number of nitrogens with zero attached hydrogens (tertiary/aromatic N) is 4. The molecule has 0 spiro atoms. The number of halogens is 1. The minimum atomic E-state index is 0.576. The van der Waals surface area contributed by atoms with Crippen molar-refractivity contribution >= 4 is 17.4 Å². The van der Waals surface area contributed by atoms with Crippen molar-refractivity contribution in [2.24, 2.45) is 4.99 Å². The zero-order valence-corrected chi connectivity index (χ0v) is 14.8. The van der Waals surface area contributed by atoms with Gasteiger partial charge in [-0.25, -0.2) is 9.97 Å². The van der Waals surface area contributed by atoms with E-state index in [0.717, 1.165) is 40.9 Å². The summed E-state index contributed by atoms with van der Waals surface area (Å²) in [6.45, 7) is 3.32. The first kappa shape index (κ1) is 17.2. The van der Waals surface area contributed by atoms with Crippen molar-refractivity contribution in [3.63, 3.8) is 0 Å². The summed E-state index contributed by atoms with van der Waals surface area (Å²) in [4.78, 5) is 13.2. The van der Waals surface area contributed by atoms with Crippen LogP contribution in [0.1, 0.15) is 18.2 Å². The monoisotopic (exact) mass is 353 g/mol. The standard InChI is InChI=1S/C19H20ClN5/c1-15(23-13-16-5-2-3-7-18(16)20)22-10-9-17-6-4-8-19(24-17)25-12-11-21-14-25/h2-8,11-12,14H,9-10,13H2,1H3,(H,22,23). The van der Waals surface area contributed by atoms with E-state index in [0.29, 0.717) is 6.54 Å². The van der Waals surface area contributed by atoms with Crippen LogP contribution in [0.25, 0.3) is 5.82 Å². The van der Waals surface area contributed by atoms with E-state index in [1.807, 2.05) is 60.2 Å². The molecule has 0 unspecified atom stereocenters. The normalized spacial score (nSPS) is 11.5. The third-order valence-corrected chi connectivity index (χ3v) is 4.14. The van der Waals surface area contributed by atoms with Gasteiger partial charge in [0.1, 0.15) is 12.1 Å². The molecule has 3 aromatic rings. The van der Waals surface area contributed by atoms with Crippen molar-refractivity contribution in [2.75, 3.05) is 6.54 Å². The molecular weight excluding hydrogens is 334 g/mol. The van der Waals surface area contributed by atoms with Gasteiger partial charge in [0.05, 0.1) is 12.4 Å². The zero-order valence-electron chi connectivity index (χ0n) is 14.1. The minimum Gasteiger partial charge on any atom is -0.374 e. The lowest BCUT2D eigenvalue weighted by Gasteiger charge is -2.08. The van der Waals surface area contributed by atoms with Gasteiger partial charge in [0.25, 0.3) is 0 Å². The zero-order chi connectivity index (χ0) is 17.5. The molecule has 0 aliphatic carbocycles. The molecule has 5 nitrogen and oxygen atoms in total. The fourth-order valence-corrected chi connectivity index (χ4v) is 2.60. The number of benzene rings is 1. The maximum Gasteiger partial charge on any atom is 0.138 e. The highest BCUT2D eigenvalue weighted by Crippen LogP contribution is 2.15. The van der Waals surface area contributed by atoms with Crippen molar-refractivity contribution < 1.29 is 0 Å². The second kappa shape index (κ2) is 8.44. The van der Waals surface area contributed by atoms with E-state index < -0.39 is 0 Å². The molecule has 0 fully saturated rings. The smallest absolute Gasteiger partial charge is 0.138 e. The van der Waals surface area contributed by atoms with Gasteiger partial charge in [0, 0.05) is 36.1 Å². The first-order valence-electron chi connectivity index (χ1n) is 8.15. The Morgan fingerprint density at radius 2 is 2.08 bits per heavy atom. The van der Waals surface area contributed by atoms with Crippen molar-refractivity contribution in [2.45, 2.75) is 19.9 Å². The molecule has 0 radical (unpaired) electrons. The number of pyridine rings is 1. The second-order valence-corrected chi connectivity index (χ2v) is 6.03. The molecule has 1 aromatic carbocycles. The summed E-state index contributed by atoms with van der Waals surface area (Å²) in [5, 5.41) is 4.07. The van der Waals surface area contributed by atoms with Crippen LogP contribution >= 0.6 is 11.6 Å². The maximum atomic E-state index is 6.14. The molecule has 2 heterocycles. The molecule has 0 aliphatic heterocycles. The summed E-state index contributed by atoms with van der Waals surface area (Å²) < 4.78 is 1.90. The Morgan fingerprint density at radius 1 is 1.20 bits per heavy atom. The topological polar surface area (TPSA) is 55.1 Å². The van der Waals surface area contributed by atoms with Gasteiger partial charge in [-0.05, 0) is 30.7 Å². The summed E-state index contributed by atoms with van der Waals surface area (Å²) in [5.41, 5.74) is 2.05. The lowest BCUT2D eigenvalue weighted by atomic mass is 10.2. The highest BCUT2D eigenvalue weighted by molar-refractivity contribution is 6.31. The number of rotatable bonds is 6. The van der Waals surface area contributed by atoms with Crippen LogP contribution in [0.2, 0.25) is 5.02 Å². The van der Waals surface area contributed by atoms with Gasteiger partial charge in [-0.2, -0.15) is 0 Å². The SMILES string of the molecule is CC(=NCc1ccccc1Cl)NCCc1cccc(-n2ccnc2)n1. The summed E-state index contributed by atoms with van der Waals surface area (Å²) in [5.74, 6) is 1.77. The van der Waals surface area contributed by atoms with Crippen molar-refractivity contribution in [3.8, 4) is 5.82 Å². The lowest BCUT2D eigenvalue weighted by Crippen LogP contribution is -2.23. The molecule has 0 amide bonds. The molecule has 128 valence electrons. The van der Waals surface area contributed by atoms with Gasteiger partial charge in [0.2, 0.25) is 0 Å². The maximum absolute atomic E-state index is 6.14. The van der Waals surface area contributed by atoms with E-state index in [2.05, 4.69) is 20.3 Å². The molecule has 2 aromatic heterocycles. The Hall–Kier alpha value is -2.66. The molecule has 3 rings (SSSR count). The Labute approximate surface area is 152 Å². The van der Waals surface area contributed by atoms with Crippen molar-refractivity contribution in [1.82, 2.24) is 19.9 Å². The van der Waals surface area contributed by atoms with Crippen LogP contribution in [0, 0.1) is 0 Å². The molecule has 0 aliphatic rings. The van der Waals surface area contributed by atoms with E-state index >= 15 is 0 Å². The summed E-state index contributed by atoms with van der Waals surface area (Å²) in [7, 11) is 0. The first-order chi connectivity index (χ1) is 12.2. The first-order valence-corrected chi connectivity index (χ1v) is 8.53. The van der Waals surface area contributed by atoms with Crippen LogP contribution < -0.4 is 5.32 Å². The third-order valence-electron chi connectivity index (χ3n) is 3.77. The number of aliphatic imine (C=N–C) groups is 1. The minimum absolute atomic E-state index is 0.576. The molecule has 0 atom stereocenters. The Bertz CT molecular complexity index is 843. The van der Waals surface area contributed by atoms with Gasteiger partial charge in [-0.15, -0.1) is 0 Å². The van der Waals surface area contributed by atoms with Crippen LogP contribution in [0.15, 0.2) is 66.2 Å². The van der Waals surface area contributed by atoms with Gasteiger partial charge in [-0.1, -0.05) is 35.9 Å². The highest BCUT2D eigenvalue weighted by atomic mass is 35.5. The Balaban J connectivity index is 1.52. The molecule has 0 bridgehead atoms. The summed E-state index contributed by atoms with van der Waals surface area (Å²) in [6.07, 6.45) is 6.20. The number of nitrogens with one attached hydrogen (secondary N) is 1. The van der Waals surface area contributed by atoms with E-state index in [-0.39, 0.29) is 0 Å². The van der Waals surface area contributed by atoms with Gasteiger partial charge in [0.15, 0.2) is 0 Å². The van der Waals surface area contributed by atoms with Gasteiger partial charge in [-0.3, -0.25) is 9.56 Å². The Morgan fingerprint density at radius 3 is 2.88 bits per heavy atom. The molecule has 6 heteroatoms. The fraction of sp³-hybridized carbons (Fsp3) is 0.211. The summed E-state index contributed by atoms with van der Waals surface area (Å²) in [6, 6.07) is 13.8. The lowest BCUT2D eigenvalue weighted by molar-refractivity contribution is 0.822. The molecule has 25 heavy (non-hydrogen) atoms. The van der Waals surface area contributed by atoms with E-state index in [9.17, 15) is 0 Å². The van der Waals surface area contributed by atoms with Crippen LogP contribution in [-0.2, 0) is 13.0 Å². The van der Waals surface area contributed by atoms with Gasteiger partial charge < -0.3 is 5.32 Å². The molecule has 0 saturated heterocycles. The molecular formula is C19H20ClN5. The average molecular weight is 354 g/mol. The predicted molar refractivity (Wildman–Crippen MR) is 101 cm³/mol. The number of imidazole rings is 1. The largest absolute Gasteiger partial charge is 0.374 e. The number of amidine groups is 1. The fourth-order valence-electron chi connectivity index (χ4n) is 2.40. The quantitative estimate of drug-likeness (QED) is 0.543. The van der Waals surface area contributed by atoms with E-state index in [1.165, 1.54) is 0 Å². The van der Waals surface area contributed by atoms with Crippen LogP contribution in [0.3, 0.4) is 0 Å². The Kier molecular flexibility index (Phi) is 5.80. The highest BCUT2D eigenvalue weighted by Gasteiger charge is 2.01.